The number of nitrogen functional groups attached to an aromatic ring is 1. The number of esters is 1. The van der Waals surface area contributed by atoms with E-state index in [1.165, 1.54) is 6.92 Å². The molecule has 0 saturated carbocycles. The normalized spacial score (nSPS) is 10.1. The Morgan fingerprint density at radius 3 is 2.69 bits per heavy atom. The number of benzene rings is 1. The van der Waals surface area contributed by atoms with Gasteiger partial charge in [0, 0.05) is 12.5 Å². The van der Waals surface area contributed by atoms with Crippen molar-refractivity contribution in [3.05, 3.63) is 30.3 Å². The number of carbonyl (C=O) groups is 1. The maximum absolute atomic E-state index is 10.9. The zero-order valence-corrected chi connectivity index (χ0v) is 9.45. The Hall–Kier alpha value is -1.88. The fraction of sp³-hybridized carbons (Fsp3) is 0.0909. The fourth-order valence-corrected chi connectivity index (χ4v) is 2.05. The van der Waals surface area contributed by atoms with Gasteiger partial charge in [0.05, 0.1) is 0 Å². The molecule has 4 nitrogen and oxygen atoms in total. The highest BCUT2D eigenvalue weighted by Crippen LogP contribution is 2.36. The van der Waals surface area contributed by atoms with Crippen LogP contribution in [0, 0.1) is 0 Å². The molecule has 0 radical (unpaired) electrons. The molecule has 0 atom stereocenters. The van der Waals surface area contributed by atoms with E-state index < -0.39 is 0 Å². The maximum Gasteiger partial charge on any atom is 0.308 e. The van der Waals surface area contributed by atoms with Crippen molar-refractivity contribution in [1.82, 2.24) is 4.98 Å². The molecule has 1 heterocycles. The van der Waals surface area contributed by atoms with Gasteiger partial charge in [0.2, 0.25) is 5.06 Å². The molecule has 1 aromatic heterocycles. The van der Waals surface area contributed by atoms with E-state index in [-0.39, 0.29) is 5.97 Å². The van der Waals surface area contributed by atoms with E-state index in [2.05, 4.69) is 4.98 Å². The van der Waals surface area contributed by atoms with Crippen LogP contribution in [0.5, 0.6) is 5.06 Å². The Kier molecular flexibility index (Phi) is 2.87. The molecule has 5 heteroatoms. The van der Waals surface area contributed by atoms with Crippen LogP contribution in [0.3, 0.4) is 0 Å². The van der Waals surface area contributed by atoms with Crippen molar-refractivity contribution in [3.63, 3.8) is 0 Å². The van der Waals surface area contributed by atoms with Crippen LogP contribution in [0.4, 0.5) is 5.13 Å². The lowest BCUT2D eigenvalue weighted by Gasteiger charge is -2.00. The van der Waals surface area contributed by atoms with E-state index >= 15 is 0 Å². The van der Waals surface area contributed by atoms with E-state index in [4.69, 9.17) is 10.5 Å². The number of nitrogens with zero attached hydrogens (tertiary/aromatic N) is 1. The third-order valence-electron chi connectivity index (χ3n) is 1.90. The summed E-state index contributed by atoms with van der Waals surface area (Å²) < 4.78 is 5.06. The van der Waals surface area contributed by atoms with E-state index in [9.17, 15) is 4.79 Å². The Labute approximate surface area is 96.7 Å². The highest BCUT2D eigenvalue weighted by molar-refractivity contribution is 7.17. The Morgan fingerprint density at radius 2 is 2.06 bits per heavy atom. The topological polar surface area (TPSA) is 65.2 Å². The Balaban J connectivity index is 2.44. The second kappa shape index (κ2) is 4.32. The van der Waals surface area contributed by atoms with Gasteiger partial charge in [-0.3, -0.25) is 4.79 Å². The molecule has 2 N–H and O–H groups in total. The van der Waals surface area contributed by atoms with Crippen LogP contribution in [0.2, 0.25) is 0 Å². The fourth-order valence-electron chi connectivity index (χ4n) is 1.30. The lowest BCUT2D eigenvalue weighted by atomic mass is 10.2. The van der Waals surface area contributed by atoms with Gasteiger partial charge in [0.25, 0.3) is 0 Å². The van der Waals surface area contributed by atoms with Crippen LogP contribution in [-0.4, -0.2) is 11.0 Å². The quantitative estimate of drug-likeness (QED) is 0.810. The van der Waals surface area contributed by atoms with Gasteiger partial charge < -0.3 is 10.5 Å². The Bertz CT molecular complexity index is 508. The van der Waals surface area contributed by atoms with Crippen molar-refractivity contribution in [1.29, 1.82) is 0 Å². The molecular weight excluding hydrogens is 224 g/mol. The number of rotatable bonds is 2. The van der Waals surface area contributed by atoms with Crippen LogP contribution in [0.1, 0.15) is 6.92 Å². The van der Waals surface area contributed by atoms with Gasteiger partial charge in [-0.05, 0) is 0 Å². The molecular formula is C11H10N2O2S. The molecule has 0 aliphatic carbocycles. The minimum absolute atomic E-state index is 0.374. The lowest BCUT2D eigenvalue weighted by molar-refractivity contribution is -0.131. The molecule has 0 saturated heterocycles. The standard InChI is InChI=1S/C11H10N2O2S/c1-7(14)15-10-9(13-11(12)16-10)8-5-3-2-4-6-8/h2-6H,1H3,(H2,12,13). The van der Waals surface area contributed by atoms with Gasteiger partial charge in [-0.25, -0.2) is 4.98 Å². The van der Waals surface area contributed by atoms with Crippen LogP contribution in [0.15, 0.2) is 30.3 Å². The van der Waals surface area contributed by atoms with Gasteiger partial charge in [-0.15, -0.1) is 0 Å². The lowest BCUT2D eigenvalue weighted by Crippen LogP contribution is -2.00. The van der Waals surface area contributed by atoms with Crippen LogP contribution in [-0.2, 0) is 4.79 Å². The van der Waals surface area contributed by atoms with Crippen molar-refractivity contribution in [2.45, 2.75) is 6.92 Å². The van der Waals surface area contributed by atoms with E-state index in [1.807, 2.05) is 30.3 Å². The first-order valence-electron chi connectivity index (χ1n) is 4.67. The minimum atomic E-state index is -0.374. The van der Waals surface area contributed by atoms with Crippen molar-refractivity contribution in [2.75, 3.05) is 5.73 Å². The Morgan fingerprint density at radius 1 is 1.38 bits per heavy atom. The molecule has 0 aliphatic heterocycles. The van der Waals surface area contributed by atoms with Crippen LogP contribution in [0.25, 0.3) is 11.3 Å². The second-order valence-electron chi connectivity index (χ2n) is 3.15. The molecule has 0 amide bonds. The highest BCUT2D eigenvalue weighted by atomic mass is 32.1. The first-order chi connectivity index (χ1) is 7.66. The summed E-state index contributed by atoms with van der Waals surface area (Å²) in [6.07, 6.45) is 0. The predicted molar refractivity (Wildman–Crippen MR) is 63.3 cm³/mol. The number of hydrogen-bond acceptors (Lipinski definition) is 5. The molecule has 1 aromatic carbocycles. The van der Waals surface area contributed by atoms with E-state index in [1.54, 1.807) is 0 Å². The van der Waals surface area contributed by atoms with Gasteiger partial charge in [0.1, 0.15) is 5.69 Å². The van der Waals surface area contributed by atoms with E-state index in [0.717, 1.165) is 16.9 Å². The first-order valence-corrected chi connectivity index (χ1v) is 5.48. The number of thiazole rings is 1. The highest BCUT2D eigenvalue weighted by Gasteiger charge is 2.14. The predicted octanol–water partition coefficient (Wildman–Crippen LogP) is 2.32. The van der Waals surface area contributed by atoms with Gasteiger partial charge in [-0.2, -0.15) is 0 Å². The summed E-state index contributed by atoms with van der Waals surface area (Å²) in [6, 6.07) is 9.47. The maximum atomic E-state index is 10.9. The number of aromatic nitrogens is 1. The summed E-state index contributed by atoms with van der Waals surface area (Å²) in [5, 5.41) is 0.825. The first kappa shape index (κ1) is 10.6. The summed E-state index contributed by atoms with van der Waals surface area (Å²) in [5.41, 5.74) is 7.10. The summed E-state index contributed by atoms with van der Waals surface area (Å²) >= 11 is 1.16. The molecule has 0 fully saturated rings. The third kappa shape index (κ3) is 2.20. The largest absolute Gasteiger partial charge is 0.413 e. The summed E-state index contributed by atoms with van der Waals surface area (Å²) in [5.74, 6) is -0.374. The average Bonchev–Trinajstić information content (AvgIpc) is 2.60. The summed E-state index contributed by atoms with van der Waals surface area (Å²) in [6.45, 7) is 1.35. The third-order valence-corrected chi connectivity index (χ3v) is 2.66. The molecule has 16 heavy (non-hydrogen) atoms. The van der Waals surface area contributed by atoms with E-state index in [0.29, 0.717) is 15.9 Å². The molecule has 0 bridgehead atoms. The van der Waals surface area contributed by atoms with Gasteiger partial charge in [-0.1, -0.05) is 41.7 Å². The zero-order chi connectivity index (χ0) is 11.5. The van der Waals surface area contributed by atoms with Crippen molar-refractivity contribution >= 4 is 22.4 Å². The van der Waals surface area contributed by atoms with Crippen LogP contribution < -0.4 is 10.5 Å². The van der Waals surface area contributed by atoms with Crippen molar-refractivity contribution in [3.8, 4) is 16.3 Å². The van der Waals surface area contributed by atoms with Crippen molar-refractivity contribution in [2.24, 2.45) is 0 Å². The van der Waals surface area contributed by atoms with Crippen LogP contribution >= 0.6 is 11.3 Å². The molecule has 0 aliphatic rings. The number of hydrogen-bond donors (Lipinski definition) is 1. The molecule has 2 aromatic rings. The van der Waals surface area contributed by atoms with Gasteiger partial charge in [0.15, 0.2) is 5.13 Å². The average molecular weight is 234 g/mol. The number of nitrogens with two attached hydrogens (primary N) is 1. The molecule has 0 unspecified atom stereocenters. The molecule has 0 spiro atoms. The summed E-state index contributed by atoms with van der Waals surface area (Å²) in [4.78, 5) is 15.1. The monoisotopic (exact) mass is 234 g/mol. The SMILES string of the molecule is CC(=O)Oc1sc(N)nc1-c1ccccc1. The molecule has 82 valence electrons. The van der Waals surface area contributed by atoms with Gasteiger partial charge >= 0.3 is 5.97 Å². The zero-order valence-electron chi connectivity index (χ0n) is 8.64. The van der Waals surface area contributed by atoms with Crippen molar-refractivity contribution < 1.29 is 9.53 Å². The minimum Gasteiger partial charge on any atom is -0.413 e. The summed E-state index contributed by atoms with van der Waals surface area (Å²) in [7, 11) is 0. The number of ether oxygens (including phenoxy) is 1. The second-order valence-corrected chi connectivity index (χ2v) is 4.14. The molecule has 2 rings (SSSR count). The number of carbonyl (C=O) groups excluding carboxylic acids is 1. The number of anilines is 1. The smallest absolute Gasteiger partial charge is 0.308 e.